The molecular weight excluding hydrogens is 352 g/mol. The maximum atomic E-state index is 10.1. The minimum Gasteiger partial charge on any atom is -0.394 e. The Morgan fingerprint density at radius 3 is 2.04 bits per heavy atom. The van der Waals surface area contributed by atoms with Crippen molar-refractivity contribution in [2.45, 2.75) is 59.7 Å². The van der Waals surface area contributed by atoms with Gasteiger partial charge in [-0.1, -0.05) is 0 Å². The minimum absolute atomic E-state index is 0.476. The first kappa shape index (κ1) is 20.2. The molecule has 0 saturated carbocycles. The van der Waals surface area contributed by atoms with E-state index in [1.54, 1.807) is 0 Å². The molecule has 2 aliphatic rings. The first-order chi connectivity index (χ1) is 11.3. The molecule has 0 spiro atoms. The van der Waals surface area contributed by atoms with E-state index in [2.05, 4.69) is 4.89 Å². The van der Waals surface area contributed by atoms with Crippen LogP contribution in [0.3, 0.4) is 0 Å². The smallest absolute Gasteiger partial charge is 0.183 e. The number of thioether (sulfide) groups is 1. The summed E-state index contributed by atoms with van der Waals surface area (Å²) >= 11 is 0.745. The summed E-state index contributed by atoms with van der Waals surface area (Å²) in [5.41, 5.74) is -1.19. The highest BCUT2D eigenvalue weighted by molar-refractivity contribution is 8.00. The lowest BCUT2D eigenvalue weighted by molar-refractivity contribution is -0.288. The van der Waals surface area contributed by atoms with Crippen LogP contribution in [0.2, 0.25) is 0 Å². The zero-order valence-corrected chi connectivity index (χ0v) is 13.2. The van der Waals surface area contributed by atoms with Gasteiger partial charge in [0.25, 0.3) is 0 Å². The van der Waals surface area contributed by atoms with Gasteiger partial charge in [-0.05, 0) is 0 Å². The topological polar surface area (TPSA) is 190 Å². The molecule has 0 bridgehead atoms. The molecule has 142 valence electrons. The van der Waals surface area contributed by atoms with Gasteiger partial charge in [-0.3, -0.25) is 5.26 Å². The molecule has 0 amide bonds. The van der Waals surface area contributed by atoms with Crippen LogP contribution in [0.25, 0.3) is 0 Å². The highest BCUT2D eigenvalue weighted by Crippen LogP contribution is 2.37. The molecule has 0 aromatic heterocycles. The summed E-state index contributed by atoms with van der Waals surface area (Å²) in [4.78, 5) is 3.89. The van der Waals surface area contributed by atoms with E-state index in [-0.39, 0.29) is 0 Å². The molecule has 2 fully saturated rings. The third-order valence-corrected chi connectivity index (χ3v) is 5.59. The molecule has 2 rings (SSSR count). The van der Waals surface area contributed by atoms with E-state index in [0.717, 1.165) is 11.8 Å². The number of rotatable bonds is 5. The van der Waals surface area contributed by atoms with E-state index < -0.39 is 72.9 Å². The Labute approximate surface area is 140 Å². The van der Waals surface area contributed by atoms with Gasteiger partial charge < -0.3 is 45.2 Å². The molecule has 11 nitrogen and oxygen atoms in total. The van der Waals surface area contributed by atoms with Gasteiger partial charge >= 0.3 is 0 Å². The maximum Gasteiger partial charge on any atom is 0.183 e. The standard InChI is InChI=1S/C12H22O11S/c13-1-3-10(7(16)8(17)11(19)22-3)24-12-9(18)6(15)5(14)4(23-12)2-21-20/h3-20H,1-2H2/t3-,4-,5-,6+,7-,8-,9-,10-,11-,12+/m1/s1. The fourth-order valence-electron chi connectivity index (χ4n) is 2.63. The average molecular weight is 374 g/mol. The molecule has 0 aromatic carbocycles. The predicted octanol–water partition coefficient (Wildman–Crippen LogP) is -4.18. The van der Waals surface area contributed by atoms with Crippen molar-refractivity contribution in [3.05, 3.63) is 0 Å². The van der Waals surface area contributed by atoms with Crippen molar-refractivity contribution in [3.8, 4) is 0 Å². The Balaban J connectivity index is 2.11. The van der Waals surface area contributed by atoms with Gasteiger partial charge in [-0.15, -0.1) is 11.8 Å². The van der Waals surface area contributed by atoms with Gasteiger partial charge in [0.2, 0.25) is 0 Å². The normalized spacial score (nSPS) is 50.0. The van der Waals surface area contributed by atoms with E-state index in [1.807, 2.05) is 0 Å². The van der Waals surface area contributed by atoms with Crippen LogP contribution in [-0.4, -0.2) is 114 Å². The number of aliphatic hydroxyl groups is 7. The first-order valence-corrected chi connectivity index (χ1v) is 8.18. The molecule has 24 heavy (non-hydrogen) atoms. The summed E-state index contributed by atoms with van der Waals surface area (Å²) in [6.07, 6.45) is -11.8. The first-order valence-electron chi connectivity index (χ1n) is 7.23. The SMILES string of the molecule is OC[C@H]1O[C@@H](O)[C@H](O)[C@@H](O)[C@@H]1S[C@@H]1O[C@H](COO)[C@@H](O)[C@H](O)[C@H]1O. The second-order valence-corrected chi connectivity index (χ2v) is 6.92. The summed E-state index contributed by atoms with van der Waals surface area (Å²) < 4.78 is 10.3. The van der Waals surface area contributed by atoms with Crippen LogP contribution in [0.1, 0.15) is 0 Å². The summed E-state index contributed by atoms with van der Waals surface area (Å²) in [7, 11) is 0. The molecular formula is C12H22O11S. The van der Waals surface area contributed by atoms with Crippen molar-refractivity contribution in [3.63, 3.8) is 0 Å². The Morgan fingerprint density at radius 1 is 0.792 bits per heavy atom. The van der Waals surface area contributed by atoms with E-state index in [1.165, 1.54) is 0 Å². The fraction of sp³-hybridized carbons (Fsp3) is 1.00. The zero-order chi connectivity index (χ0) is 18.0. The van der Waals surface area contributed by atoms with Crippen molar-refractivity contribution < 1.29 is 55.4 Å². The van der Waals surface area contributed by atoms with E-state index >= 15 is 0 Å². The lowest BCUT2D eigenvalue weighted by atomic mass is 10.0. The monoisotopic (exact) mass is 374 g/mol. The number of hydrogen-bond donors (Lipinski definition) is 8. The number of hydrogen-bond acceptors (Lipinski definition) is 12. The van der Waals surface area contributed by atoms with Crippen molar-refractivity contribution in [1.82, 2.24) is 0 Å². The number of ether oxygens (including phenoxy) is 2. The zero-order valence-electron chi connectivity index (χ0n) is 12.4. The maximum absolute atomic E-state index is 10.1. The lowest BCUT2D eigenvalue weighted by Crippen LogP contribution is -2.61. The van der Waals surface area contributed by atoms with Gasteiger partial charge in [0.1, 0.15) is 42.6 Å². The van der Waals surface area contributed by atoms with Crippen molar-refractivity contribution >= 4 is 11.8 Å². The van der Waals surface area contributed by atoms with Crippen LogP contribution in [0.15, 0.2) is 0 Å². The molecule has 2 saturated heterocycles. The summed E-state index contributed by atoms with van der Waals surface area (Å²) in [6, 6.07) is 0. The van der Waals surface area contributed by atoms with E-state index in [0.29, 0.717) is 0 Å². The van der Waals surface area contributed by atoms with Crippen LogP contribution in [0.5, 0.6) is 0 Å². The highest BCUT2D eigenvalue weighted by atomic mass is 32.2. The highest BCUT2D eigenvalue weighted by Gasteiger charge is 2.49. The van der Waals surface area contributed by atoms with Crippen LogP contribution in [0.4, 0.5) is 0 Å². The number of aliphatic hydroxyl groups excluding tert-OH is 7. The predicted molar refractivity (Wildman–Crippen MR) is 76.6 cm³/mol. The molecule has 2 heterocycles. The quantitative estimate of drug-likeness (QED) is 0.171. The largest absolute Gasteiger partial charge is 0.394 e. The van der Waals surface area contributed by atoms with Crippen LogP contribution < -0.4 is 0 Å². The second kappa shape index (κ2) is 8.53. The van der Waals surface area contributed by atoms with Crippen LogP contribution >= 0.6 is 11.8 Å². The molecule has 10 atom stereocenters. The molecule has 0 radical (unpaired) electrons. The Morgan fingerprint density at radius 2 is 1.46 bits per heavy atom. The van der Waals surface area contributed by atoms with Gasteiger partial charge in [0, 0.05) is 0 Å². The van der Waals surface area contributed by atoms with Crippen LogP contribution in [-0.2, 0) is 14.4 Å². The molecule has 0 unspecified atom stereocenters. The third-order valence-electron chi connectivity index (χ3n) is 4.04. The lowest BCUT2D eigenvalue weighted by Gasteiger charge is -2.44. The molecule has 2 aliphatic heterocycles. The Bertz CT molecular complexity index is 399. The Hall–Kier alpha value is -0.0900. The van der Waals surface area contributed by atoms with Gasteiger partial charge in [-0.25, -0.2) is 4.89 Å². The minimum atomic E-state index is -1.69. The Kier molecular flexibility index (Phi) is 7.19. The molecule has 0 aromatic rings. The summed E-state index contributed by atoms with van der Waals surface area (Å²) in [5, 5.41) is 75.7. The molecule has 0 aliphatic carbocycles. The van der Waals surface area contributed by atoms with E-state index in [4.69, 9.17) is 14.7 Å². The van der Waals surface area contributed by atoms with Gasteiger partial charge in [0.05, 0.1) is 24.1 Å². The summed E-state index contributed by atoms with van der Waals surface area (Å²) in [5.74, 6) is 0. The van der Waals surface area contributed by atoms with Gasteiger partial charge in [0.15, 0.2) is 6.29 Å². The van der Waals surface area contributed by atoms with E-state index in [9.17, 15) is 35.7 Å². The second-order valence-electron chi connectivity index (χ2n) is 5.64. The fourth-order valence-corrected chi connectivity index (χ4v) is 4.12. The summed E-state index contributed by atoms with van der Waals surface area (Å²) in [6.45, 7) is -1.06. The third kappa shape index (κ3) is 4.00. The van der Waals surface area contributed by atoms with Crippen molar-refractivity contribution in [2.24, 2.45) is 0 Å². The van der Waals surface area contributed by atoms with Crippen LogP contribution in [0, 0.1) is 0 Å². The molecule has 12 heteroatoms. The average Bonchev–Trinajstić information content (AvgIpc) is 2.57. The van der Waals surface area contributed by atoms with Crippen molar-refractivity contribution in [1.29, 1.82) is 0 Å². The van der Waals surface area contributed by atoms with Gasteiger partial charge in [-0.2, -0.15) is 0 Å². The van der Waals surface area contributed by atoms with Crippen molar-refractivity contribution in [2.75, 3.05) is 13.2 Å². The molecule has 8 N–H and O–H groups in total.